The number of likely N-dealkylation sites (N-methyl/N-ethyl adjacent to an activating group) is 1. The molecule has 0 saturated carbocycles. The Balaban J connectivity index is 2.20. The monoisotopic (exact) mass is 362 g/mol. The highest BCUT2D eigenvalue weighted by atomic mass is 32.2. The molecule has 0 heterocycles. The van der Waals surface area contributed by atoms with E-state index in [9.17, 15) is 13.2 Å². The maximum Gasteiger partial charge on any atom is 0.243 e. The fourth-order valence-electron chi connectivity index (χ4n) is 2.83. The molecule has 0 aliphatic heterocycles. The predicted molar refractivity (Wildman–Crippen MR) is 101 cm³/mol. The van der Waals surface area contributed by atoms with Crippen LogP contribution in [0.3, 0.4) is 0 Å². The predicted octanol–water partition coefficient (Wildman–Crippen LogP) is 3.16. The Labute approximate surface area is 150 Å². The highest BCUT2D eigenvalue weighted by molar-refractivity contribution is 7.89. The van der Waals surface area contributed by atoms with Gasteiger partial charge in [-0.3, -0.25) is 4.79 Å². The second-order valence-corrected chi connectivity index (χ2v) is 8.14. The number of sulfonamides is 1. The highest BCUT2D eigenvalue weighted by Gasteiger charge is 2.25. The summed E-state index contributed by atoms with van der Waals surface area (Å²) in [5.41, 5.74) is 0. The quantitative estimate of drug-likeness (QED) is 0.784. The van der Waals surface area contributed by atoms with Gasteiger partial charge < -0.3 is 5.32 Å². The van der Waals surface area contributed by atoms with E-state index in [1.54, 1.807) is 25.1 Å². The summed E-state index contributed by atoms with van der Waals surface area (Å²) >= 11 is 0. The van der Waals surface area contributed by atoms with Crippen LogP contribution in [0.2, 0.25) is 0 Å². The molecule has 0 bridgehead atoms. The number of rotatable bonds is 8. The molecule has 2 rings (SSSR count). The summed E-state index contributed by atoms with van der Waals surface area (Å²) < 4.78 is 27.0. The van der Waals surface area contributed by atoms with Crippen molar-refractivity contribution in [1.29, 1.82) is 0 Å². The molecule has 6 heteroatoms. The van der Waals surface area contributed by atoms with E-state index in [0.29, 0.717) is 0 Å². The molecule has 25 heavy (non-hydrogen) atoms. The Morgan fingerprint density at radius 1 is 1.12 bits per heavy atom. The van der Waals surface area contributed by atoms with Gasteiger partial charge in [-0.15, -0.1) is 0 Å². The minimum absolute atomic E-state index is 0.0413. The number of hydrogen-bond donors (Lipinski definition) is 1. The van der Waals surface area contributed by atoms with Crippen molar-refractivity contribution in [3.63, 3.8) is 0 Å². The minimum atomic E-state index is -3.71. The van der Waals surface area contributed by atoms with E-state index in [4.69, 9.17) is 0 Å². The van der Waals surface area contributed by atoms with Crippen molar-refractivity contribution in [2.75, 3.05) is 13.1 Å². The van der Waals surface area contributed by atoms with Gasteiger partial charge in [0.15, 0.2) is 0 Å². The Hall–Kier alpha value is -1.92. The number of carbonyl (C=O) groups excluding carboxylic acids is 1. The first-order chi connectivity index (χ1) is 11.9. The van der Waals surface area contributed by atoms with Gasteiger partial charge in [0, 0.05) is 12.6 Å². The molecule has 2 aromatic rings. The second-order valence-electron chi connectivity index (χ2n) is 6.20. The van der Waals surface area contributed by atoms with Crippen LogP contribution < -0.4 is 5.32 Å². The van der Waals surface area contributed by atoms with E-state index in [0.717, 1.165) is 23.6 Å². The molecular formula is C19H26N2O3S. The zero-order valence-electron chi connectivity index (χ0n) is 15.0. The molecular weight excluding hydrogens is 336 g/mol. The van der Waals surface area contributed by atoms with Crippen LogP contribution in [-0.2, 0) is 14.8 Å². The van der Waals surface area contributed by atoms with Gasteiger partial charge in [-0.05, 0) is 36.2 Å². The Kier molecular flexibility index (Phi) is 6.56. The molecule has 0 saturated heterocycles. The Bertz CT molecular complexity index is 833. The van der Waals surface area contributed by atoms with Crippen molar-refractivity contribution in [1.82, 2.24) is 9.62 Å². The van der Waals surface area contributed by atoms with Gasteiger partial charge in [-0.2, -0.15) is 4.31 Å². The summed E-state index contributed by atoms with van der Waals surface area (Å²) in [6, 6.07) is 12.7. The van der Waals surface area contributed by atoms with E-state index in [1.807, 2.05) is 38.1 Å². The van der Waals surface area contributed by atoms with Gasteiger partial charge in [0.05, 0.1) is 11.4 Å². The summed E-state index contributed by atoms with van der Waals surface area (Å²) in [6.45, 7) is 5.78. The van der Waals surface area contributed by atoms with Crippen molar-refractivity contribution in [3.8, 4) is 0 Å². The van der Waals surface area contributed by atoms with Crippen LogP contribution in [0.1, 0.15) is 33.6 Å². The van der Waals surface area contributed by atoms with Gasteiger partial charge in [0.2, 0.25) is 15.9 Å². The molecule has 1 N–H and O–H groups in total. The molecule has 1 amide bonds. The molecule has 1 atom stereocenters. The van der Waals surface area contributed by atoms with Crippen molar-refractivity contribution in [3.05, 3.63) is 42.5 Å². The van der Waals surface area contributed by atoms with Gasteiger partial charge in [-0.25, -0.2) is 8.42 Å². The molecule has 0 fully saturated rings. The number of benzene rings is 2. The molecule has 0 unspecified atom stereocenters. The largest absolute Gasteiger partial charge is 0.353 e. The number of nitrogens with zero attached hydrogens (tertiary/aromatic N) is 1. The number of nitrogens with one attached hydrogen (secondary N) is 1. The summed E-state index contributed by atoms with van der Waals surface area (Å²) in [6.07, 6.45) is 1.84. The average Bonchev–Trinajstić information content (AvgIpc) is 2.59. The van der Waals surface area contributed by atoms with Crippen molar-refractivity contribution in [2.45, 2.75) is 44.6 Å². The van der Waals surface area contributed by atoms with Crippen LogP contribution in [-0.4, -0.2) is 37.8 Å². The third kappa shape index (κ3) is 4.80. The Morgan fingerprint density at radius 2 is 1.80 bits per heavy atom. The topological polar surface area (TPSA) is 66.5 Å². The minimum Gasteiger partial charge on any atom is -0.353 e. The van der Waals surface area contributed by atoms with E-state index in [1.165, 1.54) is 4.31 Å². The summed E-state index contributed by atoms with van der Waals surface area (Å²) in [5, 5.41) is 4.70. The van der Waals surface area contributed by atoms with Crippen molar-refractivity contribution >= 4 is 26.7 Å². The molecule has 0 radical (unpaired) electrons. The fraction of sp³-hybridized carbons (Fsp3) is 0.421. The molecule has 0 aromatic heterocycles. The highest BCUT2D eigenvalue weighted by Crippen LogP contribution is 2.21. The number of amides is 1. The lowest BCUT2D eigenvalue weighted by atomic mass is 10.1. The SMILES string of the molecule is CCC[C@@H](C)NC(=O)CN(CC)S(=O)(=O)c1ccc2ccccc2c1. The fourth-order valence-corrected chi connectivity index (χ4v) is 4.27. The van der Waals surface area contributed by atoms with Crippen LogP contribution >= 0.6 is 0 Å². The molecule has 2 aromatic carbocycles. The third-order valence-corrected chi connectivity index (χ3v) is 6.08. The van der Waals surface area contributed by atoms with E-state index in [-0.39, 0.29) is 29.9 Å². The number of fused-ring (bicyclic) bond motifs is 1. The first-order valence-corrected chi connectivity index (χ1v) is 10.1. The lowest BCUT2D eigenvalue weighted by Gasteiger charge is -2.21. The van der Waals surface area contributed by atoms with Gasteiger partial charge in [-0.1, -0.05) is 50.6 Å². The Morgan fingerprint density at radius 3 is 2.44 bits per heavy atom. The standard InChI is InChI=1S/C19H26N2O3S/c1-4-8-15(3)20-19(22)14-21(5-2)25(23,24)18-12-11-16-9-6-7-10-17(16)13-18/h6-7,9-13,15H,4-5,8,14H2,1-3H3,(H,20,22)/t15-/m1/s1. The molecule has 5 nitrogen and oxygen atoms in total. The van der Waals surface area contributed by atoms with E-state index < -0.39 is 10.0 Å². The lowest BCUT2D eigenvalue weighted by molar-refractivity contribution is -0.121. The van der Waals surface area contributed by atoms with E-state index in [2.05, 4.69) is 5.32 Å². The van der Waals surface area contributed by atoms with Crippen LogP contribution in [0.15, 0.2) is 47.4 Å². The summed E-state index contributed by atoms with van der Waals surface area (Å²) in [5.74, 6) is -0.271. The van der Waals surface area contributed by atoms with Gasteiger partial charge in [0.25, 0.3) is 0 Å². The zero-order chi connectivity index (χ0) is 18.4. The van der Waals surface area contributed by atoms with E-state index >= 15 is 0 Å². The van der Waals surface area contributed by atoms with Crippen LogP contribution in [0.5, 0.6) is 0 Å². The van der Waals surface area contributed by atoms with Crippen molar-refractivity contribution < 1.29 is 13.2 Å². The number of carbonyl (C=O) groups is 1. The maximum atomic E-state index is 12.9. The van der Waals surface area contributed by atoms with Crippen LogP contribution in [0.4, 0.5) is 0 Å². The smallest absolute Gasteiger partial charge is 0.243 e. The van der Waals surface area contributed by atoms with Crippen molar-refractivity contribution in [2.24, 2.45) is 0 Å². The van der Waals surface area contributed by atoms with Gasteiger partial charge >= 0.3 is 0 Å². The molecule has 136 valence electrons. The van der Waals surface area contributed by atoms with Gasteiger partial charge in [0.1, 0.15) is 0 Å². The molecule has 0 aliphatic carbocycles. The molecule has 0 aliphatic rings. The zero-order valence-corrected chi connectivity index (χ0v) is 15.8. The maximum absolute atomic E-state index is 12.9. The third-order valence-electron chi connectivity index (χ3n) is 4.16. The van der Waals surface area contributed by atoms with Crippen LogP contribution in [0.25, 0.3) is 10.8 Å². The average molecular weight is 362 g/mol. The number of hydrogen-bond acceptors (Lipinski definition) is 3. The summed E-state index contributed by atoms with van der Waals surface area (Å²) in [7, 11) is -3.71. The lowest BCUT2D eigenvalue weighted by Crippen LogP contribution is -2.43. The first kappa shape index (κ1) is 19.4. The first-order valence-electron chi connectivity index (χ1n) is 8.66. The summed E-state index contributed by atoms with van der Waals surface area (Å²) in [4.78, 5) is 12.4. The normalized spacial score (nSPS) is 13.1. The molecule has 0 spiro atoms. The second kappa shape index (κ2) is 8.45. The van der Waals surface area contributed by atoms with Crippen LogP contribution in [0, 0.1) is 0 Å².